The van der Waals surface area contributed by atoms with E-state index in [0.717, 1.165) is 23.3 Å². The number of halogens is 1. The van der Waals surface area contributed by atoms with Crippen LogP contribution in [0.2, 0.25) is 0 Å². The zero-order valence-corrected chi connectivity index (χ0v) is 39.1. The Morgan fingerprint density at radius 1 is 0.809 bits per heavy atom. The fraction of sp³-hybridized carbons (Fsp3) is 0.423. The molecule has 0 fully saturated rings. The fourth-order valence-electron chi connectivity index (χ4n) is 8.31. The van der Waals surface area contributed by atoms with Crippen LogP contribution in [0.25, 0.3) is 22.3 Å². The molecule has 9 N–H and O–H groups in total. The molecule has 68 heavy (non-hydrogen) atoms. The maximum atomic E-state index is 15.3. The highest BCUT2D eigenvalue weighted by atomic mass is 19.1. The predicted octanol–water partition coefficient (Wildman–Crippen LogP) is 6.43. The lowest BCUT2D eigenvalue weighted by atomic mass is 9.93. The highest BCUT2D eigenvalue weighted by Gasteiger charge is 2.36. The fourth-order valence-corrected chi connectivity index (χ4v) is 8.31. The minimum Gasteiger partial charge on any atom is -0.507 e. The van der Waals surface area contributed by atoms with E-state index < -0.39 is 65.5 Å². The molecule has 5 rings (SSSR count). The van der Waals surface area contributed by atoms with E-state index in [1.54, 1.807) is 6.07 Å². The summed E-state index contributed by atoms with van der Waals surface area (Å²) in [7, 11) is 1.33. The van der Waals surface area contributed by atoms with Crippen LogP contribution in [0.4, 0.5) is 4.39 Å². The van der Waals surface area contributed by atoms with Crippen molar-refractivity contribution in [3.63, 3.8) is 0 Å². The largest absolute Gasteiger partial charge is 0.507 e. The van der Waals surface area contributed by atoms with Gasteiger partial charge in [-0.2, -0.15) is 0 Å². The van der Waals surface area contributed by atoms with Crippen LogP contribution in [-0.4, -0.2) is 94.0 Å². The Morgan fingerprint density at radius 2 is 1.47 bits per heavy atom. The Balaban J connectivity index is 1.26. The number of aliphatic carboxylic acids is 1. The van der Waals surface area contributed by atoms with Crippen LogP contribution in [0.1, 0.15) is 118 Å². The van der Waals surface area contributed by atoms with Gasteiger partial charge in [0.05, 0.1) is 5.56 Å². The first-order chi connectivity index (χ1) is 32.6. The van der Waals surface area contributed by atoms with Gasteiger partial charge in [-0.3, -0.25) is 24.0 Å². The van der Waals surface area contributed by atoms with Crippen LogP contribution < -0.4 is 27.0 Å². The number of nitrogens with zero attached hydrogens (tertiary/aromatic N) is 1. The molecule has 4 bridgehead atoms. The number of phenolic OH excluding ortho intramolecular Hbond substituents is 2. The first-order valence-corrected chi connectivity index (χ1v) is 23.5. The SMILES string of the molecule is CCCCCCCCCc1ccc(-c2ccc(C(=O)NCCC(=O)N[C@@H](CCCCN)C(=O)N(C)[C@@H]3C(=O)N[C@@H](C)C(=O)N[C@H](C(=O)O)Cc4ccc(O)c(c4)-c4cc3ccc4O)c(F)c2)cc1. The van der Waals surface area contributed by atoms with Gasteiger partial charge in [0.25, 0.3) is 5.91 Å². The molecule has 0 aromatic heterocycles. The van der Waals surface area contributed by atoms with Crippen molar-refractivity contribution in [1.29, 1.82) is 0 Å². The van der Waals surface area contributed by atoms with E-state index in [1.807, 2.05) is 24.3 Å². The number of phenols is 2. The number of carboxylic acid groups (broad SMARTS) is 1. The maximum absolute atomic E-state index is 15.3. The number of carbonyl (C=O) groups excluding carboxylic acids is 5. The number of benzene rings is 4. The minimum atomic E-state index is -1.48. The molecule has 5 amide bonds. The van der Waals surface area contributed by atoms with E-state index in [9.17, 15) is 44.1 Å². The molecule has 0 unspecified atom stereocenters. The lowest BCUT2D eigenvalue weighted by Crippen LogP contribution is -2.54. The molecule has 364 valence electrons. The van der Waals surface area contributed by atoms with Crippen molar-refractivity contribution in [3.05, 3.63) is 107 Å². The van der Waals surface area contributed by atoms with Crippen molar-refractivity contribution in [1.82, 2.24) is 26.2 Å². The number of rotatable bonds is 21. The van der Waals surface area contributed by atoms with Crippen molar-refractivity contribution >= 4 is 35.5 Å². The third-order valence-corrected chi connectivity index (χ3v) is 12.3. The van der Waals surface area contributed by atoms with Crippen LogP contribution >= 0.6 is 0 Å². The Hall–Kier alpha value is -6.81. The number of carbonyl (C=O) groups is 6. The highest BCUT2D eigenvalue weighted by Crippen LogP contribution is 2.39. The van der Waals surface area contributed by atoms with Gasteiger partial charge in [0.15, 0.2) is 0 Å². The standard InChI is InChI=1S/C52H65FN6O9/c1-4-5-6-7-8-9-10-13-33-15-18-35(19-16-33)36-20-22-38(41(53)31-36)49(64)55-27-25-46(62)57-42(14-11-12-26-54)51(66)59(3)47-37-21-24-45(61)40(30-37)39-28-34(17-23-44(39)60)29-43(52(67)68)58-48(63)32(2)56-50(47)65/h15-24,28,30-32,42-43,47,60-61H,4-14,25-27,29,54H2,1-3H3,(H,55,64)(H,56,65)(H,57,62)(H,58,63)(H,67,68)/t32-,42-,43-,47-/m0/s1. The predicted molar refractivity (Wildman–Crippen MR) is 257 cm³/mol. The summed E-state index contributed by atoms with van der Waals surface area (Å²) in [5.41, 5.74) is 8.95. The molecule has 0 saturated carbocycles. The van der Waals surface area contributed by atoms with Crippen molar-refractivity contribution < 1.29 is 48.5 Å². The molecule has 0 aliphatic carbocycles. The first kappa shape index (κ1) is 52.2. The summed E-state index contributed by atoms with van der Waals surface area (Å²) in [4.78, 5) is 81.6. The van der Waals surface area contributed by atoms with Gasteiger partial charge in [0.2, 0.25) is 23.6 Å². The Morgan fingerprint density at radius 3 is 2.15 bits per heavy atom. The molecular weight excluding hydrogens is 872 g/mol. The minimum absolute atomic E-state index is 0.0751. The zero-order chi connectivity index (χ0) is 49.3. The second kappa shape index (κ2) is 25.4. The van der Waals surface area contributed by atoms with Crippen molar-refractivity contribution in [3.8, 4) is 33.8 Å². The Labute approximate surface area is 397 Å². The van der Waals surface area contributed by atoms with Crippen LogP contribution in [0, 0.1) is 5.82 Å². The van der Waals surface area contributed by atoms with Gasteiger partial charge in [0, 0.05) is 37.6 Å². The number of likely N-dealkylation sites (N-methyl/N-ethyl adjacent to an activating group) is 1. The second-order valence-corrected chi connectivity index (χ2v) is 17.5. The van der Waals surface area contributed by atoms with Gasteiger partial charge < -0.3 is 47.2 Å². The van der Waals surface area contributed by atoms with E-state index in [1.165, 1.54) is 107 Å². The number of carboxylic acids is 1. The third kappa shape index (κ3) is 14.3. The average molecular weight is 937 g/mol. The second-order valence-electron chi connectivity index (χ2n) is 17.5. The summed E-state index contributed by atoms with van der Waals surface area (Å²) < 4.78 is 15.3. The summed E-state index contributed by atoms with van der Waals surface area (Å²) in [5.74, 6) is -6.32. The van der Waals surface area contributed by atoms with E-state index in [-0.39, 0.29) is 59.6 Å². The van der Waals surface area contributed by atoms with Crippen LogP contribution in [-0.2, 0) is 36.8 Å². The molecule has 16 heteroatoms. The Kier molecular flexibility index (Phi) is 19.5. The number of hydrogen-bond acceptors (Lipinski definition) is 9. The number of nitrogens with two attached hydrogens (primary N) is 1. The van der Waals surface area contributed by atoms with Crippen molar-refractivity contribution in [2.24, 2.45) is 5.73 Å². The smallest absolute Gasteiger partial charge is 0.326 e. The third-order valence-electron chi connectivity index (χ3n) is 12.3. The van der Waals surface area contributed by atoms with E-state index in [0.29, 0.717) is 30.5 Å². The first-order valence-electron chi connectivity index (χ1n) is 23.5. The van der Waals surface area contributed by atoms with Gasteiger partial charge in [0.1, 0.15) is 41.5 Å². The van der Waals surface area contributed by atoms with Gasteiger partial charge in [-0.15, -0.1) is 0 Å². The molecule has 4 aromatic rings. The van der Waals surface area contributed by atoms with Gasteiger partial charge in [-0.1, -0.05) is 87.9 Å². The molecule has 0 saturated heterocycles. The monoisotopic (exact) mass is 936 g/mol. The quantitative estimate of drug-likeness (QED) is 0.0426. The van der Waals surface area contributed by atoms with Crippen LogP contribution in [0.15, 0.2) is 78.9 Å². The van der Waals surface area contributed by atoms with E-state index in [2.05, 4.69) is 28.2 Å². The number of unbranched alkanes of at least 4 members (excludes halogenated alkanes) is 7. The molecule has 15 nitrogen and oxygen atoms in total. The highest BCUT2D eigenvalue weighted by molar-refractivity contribution is 5.97. The number of aryl methyl sites for hydroxylation is 1. The number of amides is 5. The van der Waals surface area contributed by atoms with E-state index in [4.69, 9.17) is 5.73 Å². The zero-order valence-electron chi connectivity index (χ0n) is 39.1. The summed E-state index contributed by atoms with van der Waals surface area (Å²) in [6.07, 6.45) is 10.2. The number of aromatic hydroxyl groups is 2. The van der Waals surface area contributed by atoms with Crippen molar-refractivity contribution in [2.45, 2.75) is 121 Å². The lowest BCUT2D eigenvalue weighted by Gasteiger charge is -2.32. The lowest BCUT2D eigenvalue weighted by molar-refractivity contribution is -0.144. The maximum Gasteiger partial charge on any atom is 0.326 e. The topological polar surface area (TPSA) is 240 Å². The number of hydrogen-bond donors (Lipinski definition) is 8. The molecule has 0 radical (unpaired) electrons. The molecule has 1 aliphatic rings. The van der Waals surface area contributed by atoms with E-state index >= 15 is 4.39 Å². The number of nitrogens with one attached hydrogen (secondary N) is 4. The molecular formula is C52H65FN6O9. The van der Waals surface area contributed by atoms with Gasteiger partial charge >= 0.3 is 5.97 Å². The molecule has 0 spiro atoms. The average Bonchev–Trinajstić information content (AvgIpc) is 3.31. The Bertz CT molecular complexity index is 2410. The number of fused-ring (bicyclic) bond motifs is 5. The van der Waals surface area contributed by atoms with Crippen LogP contribution in [0.5, 0.6) is 11.5 Å². The summed E-state index contributed by atoms with van der Waals surface area (Å²) in [6.45, 7) is 3.68. The normalized spacial score (nSPS) is 16.4. The molecule has 4 aromatic carbocycles. The van der Waals surface area contributed by atoms with Gasteiger partial charge in [-0.05, 0) is 110 Å². The summed E-state index contributed by atoms with van der Waals surface area (Å²) in [5, 5.41) is 42.1. The van der Waals surface area contributed by atoms with Gasteiger partial charge in [-0.25, -0.2) is 9.18 Å². The summed E-state index contributed by atoms with van der Waals surface area (Å²) in [6, 6.07) is 15.3. The summed E-state index contributed by atoms with van der Waals surface area (Å²) >= 11 is 0. The molecule has 1 heterocycles. The van der Waals surface area contributed by atoms with Crippen LogP contribution in [0.3, 0.4) is 0 Å². The van der Waals surface area contributed by atoms with Crippen molar-refractivity contribution in [2.75, 3.05) is 20.1 Å². The molecule has 4 atom stereocenters. The molecule has 1 aliphatic heterocycles.